The van der Waals surface area contributed by atoms with E-state index in [1.165, 1.54) is 24.3 Å². The number of hydrogen-bond acceptors (Lipinski definition) is 6. The van der Waals surface area contributed by atoms with Crippen LogP contribution in [-0.4, -0.2) is 28.8 Å². The minimum atomic E-state index is -0.917. The molecule has 0 spiro atoms. The number of carbonyl (C=O) groups excluding carboxylic acids is 4. The first-order chi connectivity index (χ1) is 12.3. The molecule has 130 valence electrons. The molecule has 26 heavy (non-hydrogen) atoms. The van der Waals surface area contributed by atoms with E-state index in [-0.39, 0.29) is 22.3 Å². The zero-order valence-electron chi connectivity index (χ0n) is 13.9. The third-order valence-corrected chi connectivity index (χ3v) is 4.40. The van der Waals surface area contributed by atoms with Crippen LogP contribution in [0.25, 0.3) is 0 Å². The van der Waals surface area contributed by atoms with Gasteiger partial charge in [-0.2, -0.15) is 0 Å². The zero-order chi connectivity index (χ0) is 18.6. The maximum Gasteiger partial charge on any atom is 0.363 e. The molecule has 0 aliphatic carbocycles. The second-order valence-corrected chi connectivity index (χ2v) is 6.49. The molecule has 0 radical (unpaired) electrons. The lowest BCUT2D eigenvalue weighted by Crippen LogP contribution is -2.32. The summed E-state index contributed by atoms with van der Waals surface area (Å²) in [6.07, 6.45) is 0. The Morgan fingerprint density at radius 3 is 2.19 bits per heavy atom. The number of cyclic esters (lactones) is 1. The van der Waals surface area contributed by atoms with Gasteiger partial charge in [-0.15, -0.1) is 0 Å². The smallest absolute Gasteiger partial charge is 0.363 e. The van der Waals surface area contributed by atoms with E-state index in [9.17, 15) is 19.2 Å². The average Bonchev–Trinajstić information content (AvgIpc) is 3.00. The molecule has 0 fully saturated rings. The average molecular weight is 351 g/mol. The molecular weight excluding hydrogens is 338 g/mol. The molecule has 2 aromatic rings. The van der Waals surface area contributed by atoms with Gasteiger partial charge in [-0.1, -0.05) is 23.3 Å². The molecule has 0 bridgehead atoms. The van der Waals surface area contributed by atoms with E-state index in [4.69, 9.17) is 9.57 Å². The molecule has 0 aromatic heterocycles. The Bertz CT molecular complexity index is 972. The number of carbonyl (C=O) groups is 4. The van der Waals surface area contributed by atoms with Gasteiger partial charge in [-0.3, -0.25) is 9.59 Å². The van der Waals surface area contributed by atoms with E-state index in [0.29, 0.717) is 10.6 Å². The molecule has 2 aromatic carbocycles. The number of imide groups is 1. The second-order valence-electron chi connectivity index (χ2n) is 6.49. The fourth-order valence-corrected chi connectivity index (χ4v) is 3.09. The van der Waals surface area contributed by atoms with Crippen molar-refractivity contribution in [2.45, 2.75) is 19.4 Å². The van der Waals surface area contributed by atoms with Crippen LogP contribution in [-0.2, 0) is 15.2 Å². The van der Waals surface area contributed by atoms with Crippen molar-refractivity contribution in [2.24, 2.45) is 0 Å². The first-order valence-corrected chi connectivity index (χ1v) is 7.87. The lowest BCUT2D eigenvalue weighted by molar-refractivity contribution is -0.0584. The second kappa shape index (κ2) is 5.26. The van der Waals surface area contributed by atoms with E-state index in [2.05, 4.69) is 0 Å². The molecule has 0 atom stereocenters. The van der Waals surface area contributed by atoms with Crippen LogP contribution in [0.4, 0.5) is 0 Å². The molecular formula is C19H13NO6. The summed E-state index contributed by atoms with van der Waals surface area (Å²) in [4.78, 5) is 53.8. The summed E-state index contributed by atoms with van der Waals surface area (Å²) in [6, 6.07) is 10.6. The predicted molar refractivity (Wildman–Crippen MR) is 87.2 cm³/mol. The van der Waals surface area contributed by atoms with Crippen molar-refractivity contribution in [2.75, 3.05) is 0 Å². The van der Waals surface area contributed by atoms with Gasteiger partial charge < -0.3 is 9.57 Å². The SMILES string of the molecule is CC1(C)OC(=O)c2cc(C(=O)ON3C(=O)c4ccccc4C3=O)ccc21. The van der Waals surface area contributed by atoms with Gasteiger partial charge in [0.05, 0.1) is 22.3 Å². The Labute approximate surface area is 148 Å². The summed E-state index contributed by atoms with van der Waals surface area (Å²) in [5, 5.41) is 0.433. The summed E-state index contributed by atoms with van der Waals surface area (Å²) in [5.74, 6) is -2.87. The van der Waals surface area contributed by atoms with Crippen molar-refractivity contribution in [3.8, 4) is 0 Å². The maximum absolute atomic E-state index is 12.4. The van der Waals surface area contributed by atoms with Crippen LogP contribution in [0.15, 0.2) is 42.5 Å². The maximum atomic E-state index is 12.4. The summed E-state index contributed by atoms with van der Waals surface area (Å²) in [7, 11) is 0. The van der Waals surface area contributed by atoms with E-state index in [0.717, 1.165) is 0 Å². The number of hydroxylamine groups is 2. The third-order valence-electron chi connectivity index (χ3n) is 4.40. The Kier molecular flexibility index (Phi) is 3.24. The van der Waals surface area contributed by atoms with Gasteiger partial charge in [-0.25, -0.2) is 9.59 Å². The highest BCUT2D eigenvalue weighted by molar-refractivity contribution is 6.21. The van der Waals surface area contributed by atoms with Crippen LogP contribution in [0.1, 0.15) is 60.8 Å². The van der Waals surface area contributed by atoms with Gasteiger partial charge in [0, 0.05) is 5.56 Å². The quantitative estimate of drug-likeness (QED) is 0.610. The molecule has 7 nitrogen and oxygen atoms in total. The minimum Gasteiger partial charge on any atom is -0.451 e. The van der Waals surface area contributed by atoms with E-state index >= 15 is 0 Å². The highest BCUT2D eigenvalue weighted by Crippen LogP contribution is 2.36. The molecule has 0 saturated heterocycles. The number of fused-ring (bicyclic) bond motifs is 2. The van der Waals surface area contributed by atoms with Crippen LogP contribution >= 0.6 is 0 Å². The van der Waals surface area contributed by atoms with E-state index in [1.54, 1.807) is 32.0 Å². The molecule has 2 aliphatic rings. The Morgan fingerprint density at radius 1 is 0.962 bits per heavy atom. The molecule has 2 amide bonds. The van der Waals surface area contributed by atoms with Crippen LogP contribution in [0.3, 0.4) is 0 Å². The number of ether oxygens (including phenoxy) is 1. The minimum absolute atomic E-state index is 0.0370. The molecule has 0 saturated carbocycles. The fraction of sp³-hybridized carbons (Fsp3) is 0.158. The van der Waals surface area contributed by atoms with Gasteiger partial charge in [0.25, 0.3) is 11.8 Å². The van der Waals surface area contributed by atoms with Gasteiger partial charge in [0.1, 0.15) is 5.60 Å². The normalized spacial score (nSPS) is 17.0. The molecule has 7 heteroatoms. The van der Waals surface area contributed by atoms with Crippen LogP contribution in [0.5, 0.6) is 0 Å². The van der Waals surface area contributed by atoms with Crippen LogP contribution < -0.4 is 0 Å². The lowest BCUT2D eigenvalue weighted by atomic mass is 9.94. The van der Waals surface area contributed by atoms with Crippen molar-refractivity contribution in [3.05, 3.63) is 70.3 Å². The molecule has 2 heterocycles. The molecule has 0 unspecified atom stereocenters. The van der Waals surface area contributed by atoms with E-state index < -0.39 is 29.4 Å². The largest absolute Gasteiger partial charge is 0.451 e. The highest BCUT2D eigenvalue weighted by Gasteiger charge is 2.40. The van der Waals surface area contributed by atoms with Crippen molar-refractivity contribution in [3.63, 3.8) is 0 Å². The Morgan fingerprint density at radius 2 is 1.58 bits per heavy atom. The van der Waals surface area contributed by atoms with Gasteiger partial charge in [-0.05, 0) is 38.1 Å². The van der Waals surface area contributed by atoms with E-state index in [1.807, 2.05) is 0 Å². The van der Waals surface area contributed by atoms with Gasteiger partial charge in [0.15, 0.2) is 0 Å². The number of esters is 1. The number of rotatable bonds is 2. The molecule has 4 rings (SSSR count). The monoisotopic (exact) mass is 351 g/mol. The van der Waals surface area contributed by atoms with Gasteiger partial charge in [0.2, 0.25) is 0 Å². The number of amides is 2. The Balaban J connectivity index is 1.61. The topological polar surface area (TPSA) is 90.0 Å². The van der Waals surface area contributed by atoms with Crippen LogP contribution in [0, 0.1) is 0 Å². The standard InChI is InChI=1S/C19H13NO6/c1-19(2)14-8-7-10(9-13(14)18(24)25-19)17(23)26-20-15(21)11-5-3-4-6-12(11)16(20)22/h3-9H,1-2H3. The van der Waals surface area contributed by atoms with Crippen molar-refractivity contribution in [1.29, 1.82) is 0 Å². The summed E-state index contributed by atoms with van der Waals surface area (Å²) in [5.41, 5.74) is 0.507. The number of benzene rings is 2. The zero-order valence-corrected chi connectivity index (χ0v) is 13.9. The third kappa shape index (κ3) is 2.21. The van der Waals surface area contributed by atoms with Crippen molar-refractivity contribution in [1.82, 2.24) is 5.06 Å². The lowest BCUT2D eigenvalue weighted by Gasteiger charge is -2.17. The first-order valence-electron chi connectivity index (χ1n) is 7.87. The van der Waals surface area contributed by atoms with Crippen molar-refractivity contribution < 1.29 is 28.8 Å². The Hall–Kier alpha value is -3.48. The first kappa shape index (κ1) is 16.0. The fourth-order valence-electron chi connectivity index (χ4n) is 3.09. The molecule has 0 N–H and O–H groups in total. The number of nitrogens with zero attached hydrogens (tertiary/aromatic N) is 1. The summed E-state index contributed by atoms with van der Waals surface area (Å²) >= 11 is 0. The van der Waals surface area contributed by atoms with Gasteiger partial charge >= 0.3 is 11.9 Å². The highest BCUT2D eigenvalue weighted by atomic mass is 16.7. The van der Waals surface area contributed by atoms with Crippen molar-refractivity contribution >= 4 is 23.8 Å². The summed E-state index contributed by atoms with van der Waals surface area (Å²) < 4.78 is 5.25. The predicted octanol–water partition coefficient (Wildman–Crippen LogP) is 2.46. The number of hydrogen-bond donors (Lipinski definition) is 0. The molecule has 2 aliphatic heterocycles. The summed E-state index contributed by atoms with van der Waals surface area (Å²) in [6.45, 7) is 3.49. The van der Waals surface area contributed by atoms with Crippen LogP contribution in [0.2, 0.25) is 0 Å².